The molecule has 0 spiro atoms. The normalized spacial score (nSPS) is 11.0. The van der Waals surface area contributed by atoms with Crippen molar-refractivity contribution in [2.45, 2.75) is 6.92 Å². The molecule has 2 heterocycles. The van der Waals surface area contributed by atoms with Crippen molar-refractivity contribution < 1.29 is 14.3 Å². The first-order chi connectivity index (χ1) is 17.0. The number of nitrogens with two attached hydrogens (primary N) is 1. The van der Waals surface area contributed by atoms with Gasteiger partial charge in [0.15, 0.2) is 5.65 Å². The molecule has 2 aromatic heterocycles. The number of benzene rings is 3. The van der Waals surface area contributed by atoms with Crippen LogP contribution in [0.25, 0.3) is 27.9 Å². The quantitative estimate of drug-likeness (QED) is 0.329. The third-order valence-corrected chi connectivity index (χ3v) is 5.81. The van der Waals surface area contributed by atoms with Gasteiger partial charge in [0.2, 0.25) is 0 Å². The van der Waals surface area contributed by atoms with E-state index in [2.05, 4.69) is 10.3 Å². The van der Waals surface area contributed by atoms with E-state index >= 15 is 0 Å². The molecule has 0 bridgehead atoms. The molecule has 35 heavy (non-hydrogen) atoms. The average Bonchev–Trinajstić information content (AvgIpc) is 3.14. The molecule has 0 aliphatic heterocycles. The first-order valence-corrected chi connectivity index (χ1v) is 11.3. The van der Waals surface area contributed by atoms with Crippen LogP contribution < -0.4 is 11.1 Å². The van der Waals surface area contributed by atoms with Gasteiger partial charge in [-0.05, 0) is 55.5 Å². The highest BCUT2D eigenvalue weighted by Crippen LogP contribution is 2.32. The molecule has 174 valence electrons. The molecule has 9 heteroatoms. The fourth-order valence-corrected chi connectivity index (χ4v) is 4.09. The van der Waals surface area contributed by atoms with Gasteiger partial charge in [0.1, 0.15) is 16.9 Å². The first-order valence-electron chi connectivity index (χ1n) is 10.9. The molecule has 0 atom stereocenters. The number of fused-ring (bicyclic) bond motifs is 2. The van der Waals surface area contributed by atoms with Crippen LogP contribution in [0.4, 0.5) is 11.5 Å². The molecule has 8 nitrogen and oxygen atoms in total. The van der Waals surface area contributed by atoms with Gasteiger partial charge in [0.25, 0.3) is 5.91 Å². The molecule has 5 aromatic rings. The number of hydrogen-bond donors (Lipinski definition) is 2. The molecule has 0 fully saturated rings. The molecule has 0 unspecified atom stereocenters. The van der Waals surface area contributed by atoms with Crippen LogP contribution in [-0.4, -0.2) is 33.0 Å². The van der Waals surface area contributed by atoms with Crippen molar-refractivity contribution in [3.63, 3.8) is 0 Å². The van der Waals surface area contributed by atoms with Crippen LogP contribution in [0.5, 0.6) is 0 Å². The summed E-state index contributed by atoms with van der Waals surface area (Å²) in [4.78, 5) is 34.7. The molecular formula is C26H20ClN5O3. The van der Waals surface area contributed by atoms with E-state index < -0.39 is 5.97 Å². The second kappa shape index (κ2) is 9.08. The molecule has 1 amide bonds. The molecule has 3 aromatic carbocycles. The molecule has 0 radical (unpaired) electrons. The minimum Gasteiger partial charge on any atom is -0.462 e. The molecule has 5 rings (SSSR count). The summed E-state index contributed by atoms with van der Waals surface area (Å²) in [7, 11) is 0. The van der Waals surface area contributed by atoms with Crippen LogP contribution in [0.2, 0.25) is 5.02 Å². The highest BCUT2D eigenvalue weighted by molar-refractivity contribution is 6.34. The van der Waals surface area contributed by atoms with Crippen LogP contribution in [0.1, 0.15) is 27.6 Å². The summed E-state index contributed by atoms with van der Waals surface area (Å²) in [5, 5.41) is 3.19. The first kappa shape index (κ1) is 22.4. The largest absolute Gasteiger partial charge is 0.462 e. The summed E-state index contributed by atoms with van der Waals surface area (Å²) in [5.74, 6) is -0.722. The van der Waals surface area contributed by atoms with Gasteiger partial charge >= 0.3 is 5.97 Å². The summed E-state index contributed by atoms with van der Waals surface area (Å²) in [5.41, 5.74) is 10.3. The Balaban J connectivity index is 1.58. The monoisotopic (exact) mass is 485 g/mol. The maximum atomic E-state index is 12.8. The summed E-state index contributed by atoms with van der Waals surface area (Å²) >= 11 is 6.13. The number of esters is 1. The zero-order chi connectivity index (χ0) is 24.5. The summed E-state index contributed by atoms with van der Waals surface area (Å²) < 4.78 is 6.89. The van der Waals surface area contributed by atoms with E-state index in [1.807, 2.05) is 24.3 Å². The van der Waals surface area contributed by atoms with Crippen molar-refractivity contribution in [1.29, 1.82) is 0 Å². The van der Waals surface area contributed by atoms with E-state index in [4.69, 9.17) is 27.1 Å². The molecule has 0 saturated heterocycles. The number of rotatable bonds is 5. The number of halogens is 1. The van der Waals surface area contributed by atoms with Gasteiger partial charge in [-0.1, -0.05) is 35.9 Å². The highest BCUT2D eigenvalue weighted by atomic mass is 35.5. The number of amides is 1. The topological polar surface area (TPSA) is 112 Å². The SMILES string of the molecule is CCOC(=O)c1c(N)n(-c2ccc(NC(=O)c3ccccc3Cl)cc2)c2nc3ccccc3nc12. The Morgan fingerprint density at radius 3 is 2.31 bits per heavy atom. The zero-order valence-corrected chi connectivity index (χ0v) is 19.4. The van der Waals surface area contributed by atoms with E-state index in [9.17, 15) is 9.59 Å². The predicted octanol–water partition coefficient (Wildman–Crippen LogP) is 5.24. The molecule has 0 saturated carbocycles. The van der Waals surface area contributed by atoms with Crippen LogP contribution >= 0.6 is 11.6 Å². The van der Waals surface area contributed by atoms with E-state index in [1.165, 1.54) is 0 Å². The maximum absolute atomic E-state index is 12.8. The van der Waals surface area contributed by atoms with Crippen molar-refractivity contribution in [2.75, 3.05) is 17.7 Å². The Labute approximate surface area is 205 Å². The maximum Gasteiger partial charge on any atom is 0.344 e. The van der Waals surface area contributed by atoms with Gasteiger partial charge in [-0.2, -0.15) is 0 Å². The number of nitrogen functional groups attached to an aromatic ring is 1. The minimum atomic E-state index is -0.568. The van der Waals surface area contributed by atoms with Crippen LogP contribution in [0.15, 0.2) is 72.8 Å². The Bertz CT molecular complexity index is 1590. The van der Waals surface area contributed by atoms with Gasteiger partial charge in [-0.25, -0.2) is 14.8 Å². The van der Waals surface area contributed by atoms with Crippen molar-refractivity contribution in [1.82, 2.24) is 14.5 Å². The van der Waals surface area contributed by atoms with Gasteiger partial charge in [-0.3, -0.25) is 9.36 Å². The molecule has 0 aliphatic carbocycles. The van der Waals surface area contributed by atoms with Crippen LogP contribution in [-0.2, 0) is 4.74 Å². The number of para-hydroxylation sites is 2. The Morgan fingerprint density at radius 1 is 0.971 bits per heavy atom. The standard InChI is InChI=1S/C26H20ClN5O3/c1-2-35-26(34)21-22-24(31-20-10-6-5-9-19(20)30-22)32(23(21)28)16-13-11-15(12-14-16)29-25(33)17-7-3-4-8-18(17)27/h3-14H,2,28H2,1H3,(H,29,33). The minimum absolute atomic E-state index is 0.163. The lowest BCUT2D eigenvalue weighted by Gasteiger charge is -2.10. The molecule has 0 aliphatic rings. The Hall–Kier alpha value is -4.43. The lowest BCUT2D eigenvalue weighted by Crippen LogP contribution is -2.12. The fraction of sp³-hybridized carbons (Fsp3) is 0.0769. The van der Waals surface area contributed by atoms with Crippen molar-refractivity contribution >= 4 is 57.2 Å². The number of hydrogen-bond acceptors (Lipinski definition) is 6. The highest BCUT2D eigenvalue weighted by Gasteiger charge is 2.25. The van der Waals surface area contributed by atoms with E-state index in [1.54, 1.807) is 60.0 Å². The Morgan fingerprint density at radius 2 is 1.63 bits per heavy atom. The molecular weight excluding hydrogens is 466 g/mol. The van der Waals surface area contributed by atoms with Crippen molar-refractivity contribution in [2.24, 2.45) is 0 Å². The lowest BCUT2D eigenvalue weighted by molar-refractivity contribution is 0.0529. The number of nitrogens with one attached hydrogen (secondary N) is 1. The Kier molecular flexibility index (Phi) is 5.80. The third kappa shape index (κ3) is 4.04. The zero-order valence-electron chi connectivity index (χ0n) is 18.7. The second-order valence-electron chi connectivity index (χ2n) is 7.68. The smallest absolute Gasteiger partial charge is 0.344 e. The van der Waals surface area contributed by atoms with Gasteiger partial charge in [0, 0.05) is 11.4 Å². The van der Waals surface area contributed by atoms with E-state index in [0.717, 1.165) is 0 Å². The second-order valence-corrected chi connectivity index (χ2v) is 8.09. The van der Waals surface area contributed by atoms with Crippen molar-refractivity contribution in [3.8, 4) is 5.69 Å². The van der Waals surface area contributed by atoms with Gasteiger partial charge in [-0.15, -0.1) is 0 Å². The fourth-order valence-electron chi connectivity index (χ4n) is 3.87. The summed E-state index contributed by atoms with van der Waals surface area (Å²) in [6.07, 6.45) is 0. The van der Waals surface area contributed by atoms with Crippen molar-refractivity contribution in [3.05, 3.63) is 88.9 Å². The van der Waals surface area contributed by atoms with Crippen LogP contribution in [0.3, 0.4) is 0 Å². The van der Waals surface area contributed by atoms with Gasteiger partial charge in [0.05, 0.1) is 28.2 Å². The lowest BCUT2D eigenvalue weighted by atomic mass is 10.2. The number of anilines is 2. The number of carbonyl (C=O) groups excluding carboxylic acids is 2. The number of carbonyl (C=O) groups is 2. The van der Waals surface area contributed by atoms with E-state index in [-0.39, 0.29) is 23.9 Å². The average molecular weight is 486 g/mol. The van der Waals surface area contributed by atoms with Crippen LogP contribution in [0, 0.1) is 0 Å². The third-order valence-electron chi connectivity index (χ3n) is 5.48. The summed E-state index contributed by atoms with van der Waals surface area (Å²) in [6, 6.07) is 21.2. The predicted molar refractivity (Wildman–Crippen MR) is 136 cm³/mol. The number of aromatic nitrogens is 3. The summed E-state index contributed by atoms with van der Waals surface area (Å²) in [6.45, 7) is 1.93. The molecule has 3 N–H and O–H groups in total. The van der Waals surface area contributed by atoms with Gasteiger partial charge < -0.3 is 15.8 Å². The van der Waals surface area contributed by atoms with E-state index in [0.29, 0.717) is 44.2 Å². The number of nitrogens with zero attached hydrogens (tertiary/aromatic N) is 3. The number of ether oxygens (including phenoxy) is 1.